The van der Waals surface area contributed by atoms with E-state index in [0.29, 0.717) is 47.9 Å². The molecule has 1 aromatic heterocycles. The second-order valence-electron chi connectivity index (χ2n) is 12.5. The molecule has 2 N–H and O–H groups in total. The molecular weight excluding hydrogens is 607 g/mol. The molecule has 14 heteroatoms. The van der Waals surface area contributed by atoms with E-state index in [-0.39, 0.29) is 36.5 Å². The number of benzene rings is 2. The molecule has 46 heavy (non-hydrogen) atoms. The van der Waals surface area contributed by atoms with Gasteiger partial charge in [0.15, 0.2) is 0 Å². The third-order valence-corrected chi connectivity index (χ3v) is 7.89. The molecule has 2 aromatic carbocycles. The molecule has 0 radical (unpaired) electrons. The summed E-state index contributed by atoms with van der Waals surface area (Å²) >= 11 is 0. The van der Waals surface area contributed by atoms with Crippen molar-refractivity contribution < 1.29 is 41.7 Å². The van der Waals surface area contributed by atoms with Gasteiger partial charge in [0.05, 0.1) is 23.4 Å². The van der Waals surface area contributed by atoms with Crippen LogP contribution in [0.25, 0.3) is 5.69 Å². The van der Waals surface area contributed by atoms with E-state index in [9.17, 15) is 22.8 Å². The fraction of sp³-hybridized carbons (Fsp3) is 0.469. The summed E-state index contributed by atoms with van der Waals surface area (Å²) in [4.78, 5) is 27.6. The van der Waals surface area contributed by atoms with E-state index in [1.54, 1.807) is 11.8 Å². The van der Waals surface area contributed by atoms with Crippen molar-refractivity contribution in [2.45, 2.75) is 83.7 Å². The van der Waals surface area contributed by atoms with Crippen molar-refractivity contribution in [1.82, 2.24) is 20.0 Å². The maximum absolute atomic E-state index is 13.1. The third kappa shape index (κ3) is 7.49. The van der Waals surface area contributed by atoms with Gasteiger partial charge in [-0.1, -0.05) is 24.3 Å². The molecule has 0 atom stereocenters. The van der Waals surface area contributed by atoms with Gasteiger partial charge < -0.3 is 29.2 Å². The Morgan fingerprint density at radius 1 is 1.09 bits per heavy atom. The van der Waals surface area contributed by atoms with E-state index in [4.69, 9.17) is 14.2 Å². The fourth-order valence-corrected chi connectivity index (χ4v) is 5.66. The van der Waals surface area contributed by atoms with Crippen molar-refractivity contribution in [2.75, 3.05) is 19.0 Å². The number of amides is 3. The number of carbonyl (C=O) groups excluding carboxylic acids is 2. The predicted octanol–water partition coefficient (Wildman–Crippen LogP) is 6.47. The number of rotatable bonds is 9. The lowest BCUT2D eigenvalue weighted by Gasteiger charge is -2.60. The Morgan fingerprint density at radius 3 is 2.41 bits per heavy atom. The van der Waals surface area contributed by atoms with Gasteiger partial charge in [0, 0.05) is 38.6 Å². The smallest absolute Gasteiger partial charge is 0.473 e. The second kappa shape index (κ2) is 12.7. The van der Waals surface area contributed by atoms with Gasteiger partial charge in [-0.05, 0) is 63.9 Å². The van der Waals surface area contributed by atoms with Crippen LogP contribution < -0.4 is 20.1 Å². The minimum absolute atomic E-state index is 0.120. The quantitative estimate of drug-likeness (QED) is 0.274. The first-order chi connectivity index (χ1) is 21.7. The van der Waals surface area contributed by atoms with Crippen LogP contribution in [0.2, 0.25) is 0 Å². The van der Waals surface area contributed by atoms with Crippen LogP contribution >= 0.6 is 0 Å². The molecule has 248 valence electrons. The van der Waals surface area contributed by atoms with Gasteiger partial charge in [-0.25, -0.2) is 14.3 Å². The van der Waals surface area contributed by atoms with Gasteiger partial charge >= 0.3 is 18.5 Å². The maximum Gasteiger partial charge on any atom is 0.573 e. The SMILES string of the molecule is COCc1ccc(OC(F)(F)F)c(CNC(=O)Nc2c(C)c(OC3CC4(CCN4C(=O)OC(C)(C)C)C3)nn2-c2ccccc2)c1. The standard InChI is InChI=1S/C32H38F3N5O6/c1-20-26(37-28(41)36-18-22-15-21(19-43-5)11-12-25(22)45-32(33,34)35)40(23-9-7-6-8-10-23)38-27(20)44-24-16-31(17-24)13-14-39(31)29(42)46-30(2,3)4/h6-12,15,24H,13-14,16-19H2,1-5H3,(H2,36,37,41). The van der Waals surface area contributed by atoms with E-state index < -0.39 is 23.7 Å². The molecule has 1 saturated heterocycles. The van der Waals surface area contributed by atoms with Gasteiger partial charge in [-0.3, -0.25) is 5.32 Å². The zero-order valence-electron chi connectivity index (χ0n) is 26.4. The number of anilines is 1. The highest BCUT2D eigenvalue weighted by Crippen LogP contribution is 2.49. The third-order valence-electron chi connectivity index (χ3n) is 7.89. The first-order valence-electron chi connectivity index (χ1n) is 14.9. The number of hydrogen-bond donors (Lipinski definition) is 2. The molecule has 11 nitrogen and oxygen atoms in total. The van der Waals surface area contributed by atoms with Crippen molar-refractivity contribution in [3.05, 3.63) is 65.2 Å². The molecular formula is C32H38F3N5O6. The van der Waals surface area contributed by atoms with Crippen LogP contribution in [0, 0.1) is 6.92 Å². The summed E-state index contributed by atoms with van der Waals surface area (Å²) in [6.45, 7) is 7.81. The highest BCUT2D eigenvalue weighted by atomic mass is 19.4. The van der Waals surface area contributed by atoms with E-state index in [0.717, 1.165) is 6.42 Å². The van der Waals surface area contributed by atoms with Crippen LogP contribution in [-0.4, -0.2) is 64.1 Å². The number of methoxy groups -OCH3 is 1. The number of alkyl halides is 3. The van der Waals surface area contributed by atoms with E-state index in [2.05, 4.69) is 20.5 Å². The van der Waals surface area contributed by atoms with Gasteiger partial charge in [-0.15, -0.1) is 18.3 Å². The van der Waals surface area contributed by atoms with Crippen molar-refractivity contribution in [2.24, 2.45) is 0 Å². The number of carbonyl (C=O) groups is 2. The Balaban J connectivity index is 1.29. The van der Waals surface area contributed by atoms with E-state index in [1.807, 2.05) is 51.1 Å². The number of aromatic nitrogens is 2. The van der Waals surface area contributed by atoms with Crippen molar-refractivity contribution in [3.8, 4) is 17.3 Å². The van der Waals surface area contributed by atoms with Gasteiger partial charge in [0.25, 0.3) is 0 Å². The molecule has 1 aliphatic heterocycles. The predicted molar refractivity (Wildman–Crippen MR) is 162 cm³/mol. The Labute approximate surface area is 264 Å². The molecule has 5 rings (SSSR count). The Hall–Kier alpha value is -4.46. The Kier molecular flexibility index (Phi) is 9.12. The van der Waals surface area contributed by atoms with Crippen molar-refractivity contribution >= 4 is 17.9 Å². The number of nitrogens with zero attached hydrogens (tertiary/aromatic N) is 3. The highest BCUT2D eigenvalue weighted by molar-refractivity contribution is 5.89. The van der Waals surface area contributed by atoms with Crippen LogP contribution in [-0.2, 0) is 22.6 Å². The average Bonchev–Trinajstić information content (AvgIpc) is 3.23. The Morgan fingerprint density at radius 2 is 1.80 bits per heavy atom. The number of urea groups is 1. The lowest BCUT2D eigenvalue weighted by Crippen LogP contribution is -2.70. The van der Waals surface area contributed by atoms with E-state index in [1.165, 1.54) is 30.0 Å². The lowest BCUT2D eigenvalue weighted by molar-refractivity contribution is -0.274. The zero-order valence-corrected chi connectivity index (χ0v) is 26.4. The zero-order chi connectivity index (χ0) is 33.3. The molecule has 1 spiro atoms. The van der Waals surface area contributed by atoms with Crippen LogP contribution in [0.1, 0.15) is 56.7 Å². The highest BCUT2D eigenvalue weighted by Gasteiger charge is 2.58. The molecule has 0 bridgehead atoms. The summed E-state index contributed by atoms with van der Waals surface area (Å²) in [7, 11) is 1.47. The lowest BCUT2D eigenvalue weighted by atomic mass is 9.66. The number of hydrogen-bond acceptors (Lipinski definition) is 7. The summed E-state index contributed by atoms with van der Waals surface area (Å²) in [6.07, 6.45) is -3.32. The second-order valence-corrected chi connectivity index (χ2v) is 12.5. The van der Waals surface area contributed by atoms with Crippen LogP contribution in [0.4, 0.5) is 28.6 Å². The number of para-hydroxylation sites is 1. The largest absolute Gasteiger partial charge is 0.573 e. The number of likely N-dealkylation sites (tertiary alicyclic amines) is 1. The maximum atomic E-state index is 13.1. The summed E-state index contributed by atoms with van der Waals surface area (Å²) in [6, 6.07) is 12.6. The normalized spacial score (nSPS) is 19.2. The summed E-state index contributed by atoms with van der Waals surface area (Å²) in [5, 5.41) is 10.0. The molecule has 2 fully saturated rings. The number of halogens is 3. The molecule has 2 heterocycles. The van der Waals surface area contributed by atoms with Gasteiger partial charge in [-0.2, -0.15) is 0 Å². The summed E-state index contributed by atoms with van der Waals surface area (Å²) < 4.78 is 61.7. The molecule has 0 unspecified atom stereocenters. The molecule has 2 aliphatic rings. The number of ether oxygens (including phenoxy) is 4. The average molecular weight is 646 g/mol. The monoisotopic (exact) mass is 645 g/mol. The summed E-state index contributed by atoms with van der Waals surface area (Å²) in [5.74, 6) is 0.214. The topological polar surface area (TPSA) is 116 Å². The molecule has 1 aliphatic carbocycles. The number of nitrogens with one attached hydrogen (secondary N) is 2. The van der Waals surface area contributed by atoms with Crippen molar-refractivity contribution in [3.63, 3.8) is 0 Å². The first-order valence-corrected chi connectivity index (χ1v) is 14.9. The summed E-state index contributed by atoms with van der Waals surface area (Å²) in [5.41, 5.74) is 1.07. The van der Waals surface area contributed by atoms with Gasteiger partial charge in [0.2, 0.25) is 5.88 Å². The van der Waals surface area contributed by atoms with Crippen LogP contribution in [0.3, 0.4) is 0 Å². The van der Waals surface area contributed by atoms with Crippen molar-refractivity contribution in [1.29, 1.82) is 0 Å². The Bertz CT molecular complexity index is 1560. The van der Waals surface area contributed by atoms with E-state index >= 15 is 0 Å². The first kappa shape index (κ1) is 32.9. The molecule has 1 saturated carbocycles. The molecule has 3 amide bonds. The minimum Gasteiger partial charge on any atom is -0.473 e. The fourth-order valence-electron chi connectivity index (χ4n) is 5.66. The van der Waals surface area contributed by atoms with Crippen LogP contribution in [0.5, 0.6) is 11.6 Å². The minimum atomic E-state index is -4.90. The molecule has 3 aromatic rings. The van der Waals surface area contributed by atoms with Gasteiger partial charge in [0.1, 0.15) is 23.3 Å². The van der Waals surface area contributed by atoms with Crippen LogP contribution in [0.15, 0.2) is 48.5 Å².